The number of nitrogens with one attached hydrogen (secondary N) is 2. The van der Waals surface area contributed by atoms with E-state index in [4.69, 9.17) is 11.6 Å². The summed E-state index contributed by atoms with van der Waals surface area (Å²) >= 11 is 6.01. The standard InChI is InChI=1S/C20H25ClN4O3/c1-13(19(28)24-9-2-3-10-24)25-11-8-20(7-6-17(25)26)22-16-5-4-14(21)12-15(16)18(27)23-20/h4-5,12-13,22H,2-3,6-11H2,1H3,(H,23,27). The number of carbonyl (C=O) groups is 3. The molecule has 1 aromatic rings. The molecule has 0 radical (unpaired) electrons. The van der Waals surface area contributed by atoms with E-state index in [1.165, 1.54) is 0 Å². The van der Waals surface area contributed by atoms with Gasteiger partial charge in [0.2, 0.25) is 11.8 Å². The van der Waals surface area contributed by atoms with Crippen LogP contribution >= 0.6 is 11.6 Å². The van der Waals surface area contributed by atoms with E-state index >= 15 is 0 Å². The SMILES string of the molecule is CC(C(=O)N1CCCC1)N1CCC2(CCC1=O)NC(=O)c1cc(Cl)ccc1N2. The van der Waals surface area contributed by atoms with Crippen molar-refractivity contribution in [3.05, 3.63) is 28.8 Å². The van der Waals surface area contributed by atoms with E-state index in [1.807, 2.05) is 4.90 Å². The average Bonchev–Trinajstić information content (AvgIpc) is 3.16. The zero-order chi connectivity index (χ0) is 19.9. The first kappa shape index (κ1) is 19.1. The number of hydrogen-bond donors (Lipinski definition) is 2. The molecule has 3 aliphatic rings. The number of carbonyl (C=O) groups excluding carboxylic acids is 3. The van der Waals surface area contributed by atoms with Crippen LogP contribution < -0.4 is 10.6 Å². The molecule has 1 spiro atoms. The van der Waals surface area contributed by atoms with Crippen molar-refractivity contribution >= 4 is 35.0 Å². The highest BCUT2D eigenvalue weighted by atomic mass is 35.5. The lowest BCUT2D eigenvalue weighted by Gasteiger charge is -2.40. The second-order valence-corrected chi connectivity index (χ2v) is 8.33. The minimum atomic E-state index is -0.696. The summed E-state index contributed by atoms with van der Waals surface area (Å²) < 4.78 is 0. The predicted molar refractivity (Wildman–Crippen MR) is 106 cm³/mol. The number of likely N-dealkylation sites (tertiary alicyclic amines) is 2. The lowest BCUT2D eigenvalue weighted by atomic mass is 9.95. The molecule has 8 heteroatoms. The van der Waals surface area contributed by atoms with Crippen molar-refractivity contribution in [2.24, 2.45) is 0 Å². The Kier molecular flexibility index (Phi) is 4.95. The molecule has 4 rings (SSSR count). The Balaban J connectivity index is 1.51. The van der Waals surface area contributed by atoms with Crippen molar-refractivity contribution in [1.29, 1.82) is 0 Å². The van der Waals surface area contributed by atoms with Crippen LogP contribution in [0.25, 0.3) is 0 Å². The smallest absolute Gasteiger partial charge is 0.255 e. The van der Waals surface area contributed by atoms with Gasteiger partial charge in [-0.2, -0.15) is 0 Å². The normalized spacial score (nSPS) is 25.8. The Morgan fingerprint density at radius 2 is 1.89 bits per heavy atom. The molecule has 2 unspecified atom stereocenters. The average molecular weight is 405 g/mol. The number of halogens is 1. The van der Waals surface area contributed by atoms with Crippen molar-refractivity contribution in [2.75, 3.05) is 25.0 Å². The van der Waals surface area contributed by atoms with Gasteiger partial charge in [0.25, 0.3) is 5.91 Å². The minimum absolute atomic E-state index is 0.0161. The van der Waals surface area contributed by atoms with Gasteiger partial charge in [0.05, 0.1) is 5.56 Å². The Bertz CT molecular complexity index is 824. The van der Waals surface area contributed by atoms with Crippen LogP contribution in [0.4, 0.5) is 5.69 Å². The third-order valence-corrected chi connectivity index (χ3v) is 6.30. The Hall–Kier alpha value is -2.28. The lowest BCUT2D eigenvalue weighted by Crippen LogP contribution is -2.58. The van der Waals surface area contributed by atoms with Crippen LogP contribution in [0, 0.1) is 0 Å². The molecule has 0 aromatic heterocycles. The first-order valence-corrected chi connectivity index (χ1v) is 10.2. The van der Waals surface area contributed by atoms with Gasteiger partial charge in [0, 0.05) is 43.2 Å². The van der Waals surface area contributed by atoms with E-state index in [-0.39, 0.29) is 24.1 Å². The number of anilines is 1. The summed E-state index contributed by atoms with van der Waals surface area (Å²) in [5.41, 5.74) is 0.525. The summed E-state index contributed by atoms with van der Waals surface area (Å²) in [6.45, 7) is 3.76. The first-order chi connectivity index (χ1) is 13.4. The van der Waals surface area contributed by atoms with Crippen LogP contribution in [-0.4, -0.2) is 58.9 Å². The van der Waals surface area contributed by atoms with Gasteiger partial charge >= 0.3 is 0 Å². The Labute approximate surface area is 169 Å². The number of rotatable bonds is 2. The van der Waals surface area contributed by atoms with Crippen LogP contribution in [-0.2, 0) is 9.59 Å². The third-order valence-electron chi connectivity index (χ3n) is 6.06. The van der Waals surface area contributed by atoms with E-state index in [0.29, 0.717) is 30.0 Å². The molecule has 7 nitrogen and oxygen atoms in total. The highest BCUT2D eigenvalue weighted by Crippen LogP contribution is 2.33. The molecule has 1 aromatic carbocycles. The third kappa shape index (κ3) is 3.43. The fraction of sp³-hybridized carbons (Fsp3) is 0.550. The molecule has 3 amide bonds. The van der Waals surface area contributed by atoms with Crippen LogP contribution in [0.1, 0.15) is 49.4 Å². The topological polar surface area (TPSA) is 81.8 Å². The molecule has 0 aliphatic carbocycles. The van der Waals surface area contributed by atoms with Crippen LogP contribution in [0.3, 0.4) is 0 Å². The van der Waals surface area contributed by atoms with Crippen molar-refractivity contribution in [1.82, 2.24) is 15.1 Å². The monoisotopic (exact) mass is 404 g/mol. The molecule has 2 saturated heterocycles. The fourth-order valence-electron chi connectivity index (χ4n) is 4.41. The molecule has 0 bridgehead atoms. The van der Waals surface area contributed by atoms with Crippen molar-refractivity contribution < 1.29 is 14.4 Å². The van der Waals surface area contributed by atoms with E-state index in [1.54, 1.807) is 30.0 Å². The maximum absolute atomic E-state index is 12.8. The lowest BCUT2D eigenvalue weighted by molar-refractivity contribution is -0.144. The summed E-state index contributed by atoms with van der Waals surface area (Å²) in [5, 5.41) is 6.95. The van der Waals surface area contributed by atoms with Gasteiger partial charge in [-0.05, 0) is 44.4 Å². The summed E-state index contributed by atoms with van der Waals surface area (Å²) in [4.78, 5) is 41.7. The minimum Gasteiger partial charge on any atom is -0.362 e. The highest BCUT2D eigenvalue weighted by molar-refractivity contribution is 6.31. The van der Waals surface area contributed by atoms with Gasteiger partial charge in [-0.3, -0.25) is 14.4 Å². The van der Waals surface area contributed by atoms with E-state index in [9.17, 15) is 14.4 Å². The molecule has 2 atom stereocenters. The van der Waals surface area contributed by atoms with Gasteiger partial charge in [-0.25, -0.2) is 0 Å². The van der Waals surface area contributed by atoms with Crippen molar-refractivity contribution in [2.45, 2.75) is 50.7 Å². The predicted octanol–water partition coefficient (Wildman–Crippen LogP) is 2.21. The first-order valence-electron chi connectivity index (χ1n) is 9.87. The molecule has 28 heavy (non-hydrogen) atoms. The zero-order valence-corrected chi connectivity index (χ0v) is 16.7. The summed E-state index contributed by atoms with van der Waals surface area (Å²) in [7, 11) is 0. The number of benzene rings is 1. The molecule has 0 saturated carbocycles. The van der Waals surface area contributed by atoms with E-state index in [2.05, 4.69) is 10.6 Å². The number of fused-ring (bicyclic) bond motifs is 1. The Morgan fingerprint density at radius 3 is 2.64 bits per heavy atom. The largest absolute Gasteiger partial charge is 0.362 e. The second kappa shape index (κ2) is 7.28. The Morgan fingerprint density at radius 1 is 1.14 bits per heavy atom. The fourth-order valence-corrected chi connectivity index (χ4v) is 4.58. The number of amides is 3. The van der Waals surface area contributed by atoms with Gasteiger partial charge in [0.1, 0.15) is 11.7 Å². The summed E-state index contributed by atoms with van der Waals surface area (Å²) in [6, 6.07) is 4.69. The summed E-state index contributed by atoms with van der Waals surface area (Å²) in [6.07, 6.45) is 3.32. The molecular weight excluding hydrogens is 380 g/mol. The maximum Gasteiger partial charge on any atom is 0.255 e. The van der Waals surface area contributed by atoms with Gasteiger partial charge < -0.3 is 20.4 Å². The molecule has 2 N–H and O–H groups in total. The molecular formula is C20H25ClN4O3. The maximum atomic E-state index is 12.8. The van der Waals surface area contributed by atoms with E-state index < -0.39 is 11.7 Å². The van der Waals surface area contributed by atoms with E-state index in [0.717, 1.165) is 31.6 Å². The van der Waals surface area contributed by atoms with Crippen LogP contribution in [0.5, 0.6) is 0 Å². The van der Waals surface area contributed by atoms with Gasteiger partial charge in [0.15, 0.2) is 0 Å². The molecule has 3 heterocycles. The van der Waals surface area contributed by atoms with Gasteiger partial charge in [-0.15, -0.1) is 0 Å². The number of nitrogens with zero attached hydrogens (tertiary/aromatic N) is 2. The second-order valence-electron chi connectivity index (χ2n) is 7.90. The van der Waals surface area contributed by atoms with Crippen molar-refractivity contribution in [3.63, 3.8) is 0 Å². The summed E-state index contributed by atoms with van der Waals surface area (Å²) in [5.74, 6) is -0.226. The molecule has 3 aliphatic heterocycles. The molecule has 2 fully saturated rings. The van der Waals surface area contributed by atoms with Gasteiger partial charge in [-0.1, -0.05) is 11.6 Å². The molecule has 150 valence electrons. The van der Waals surface area contributed by atoms with Crippen molar-refractivity contribution in [3.8, 4) is 0 Å². The highest BCUT2D eigenvalue weighted by Gasteiger charge is 2.42. The quantitative estimate of drug-likeness (QED) is 0.791. The van der Waals surface area contributed by atoms with Crippen LogP contribution in [0.15, 0.2) is 18.2 Å². The zero-order valence-electron chi connectivity index (χ0n) is 16.0. The number of hydrogen-bond acceptors (Lipinski definition) is 4. The van der Waals surface area contributed by atoms with Crippen LogP contribution in [0.2, 0.25) is 5.02 Å².